The molecule has 1 fully saturated rings. The van der Waals surface area contributed by atoms with Crippen LogP contribution in [-0.4, -0.2) is 32.3 Å². The van der Waals surface area contributed by atoms with Crippen molar-refractivity contribution in [1.82, 2.24) is 15.1 Å². The molecule has 166 valence electrons. The van der Waals surface area contributed by atoms with E-state index in [1.807, 2.05) is 30.3 Å². The van der Waals surface area contributed by atoms with Crippen LogP contribution >= 0.6 is 11.6 Å². The van der Waals surface area contributed by atoms with E-state index in [1.54, 1.807) is 0 Å². The minimum Gasteiger partial charge on any atom is -0.480 e. The molecule has 3 aromatic heterocycles. The number of amides is 1. The lowest BCUT2D eigenvalue weighted by molar-refractivity contribution is -0.140. The molecule has 33 heavy (non-hydrogen) atoms. The number of carboxylic acids is 1. The summed E-state index contributed by atoms with van der Waals surface area (Å²) in [6, 6.07) is 9.13. The lowest BCUT2D eigenvalue weighted by atomic mass is 10.1. The second kappa shape index (κ2) is 7.99. The molecule has 0 aliphatic heterocycles. The average Bonchev–Trinajstić information content (AvgIpc) is 3.24. The number of rotatable bonds is 5. The van der Waals surface area contributed by atoms with Crippen molar-refractivity contribution >= 4 is 40.8 Å². The maximum absolute atomic E-state index is 12.1. The fourth-order valence-corrected chi connectivity index (χ4v) is 3.15. The van der Waals surface area contributed by atoms with E-state index in [9.17, 15) is 14.7 Å². The van der Waals surface area contributed by atoms with Crippen molar-refractivity contribution in [3.8, 4) is 11.8 Å². The first-order chi connectivity index (χ1) is 15.9. The Kier molecular flexibility index (Phi) is 4.99. The monoisotopic (exact) mass is 468 g/mol. The molecule has 0 unspecified atom stereocenters. The van der Waals surface area contributed by atoms with Crippen molar-refractivity contribution < 1.29 is 32.8 Å². The molecule has 12 heteroatoms. The van der Waals surface area contributed by atoms with E-state index in [1.165, 1.54) is 0 Å². The zero-order chi connectivity index (χ0) is 23.0. The van der Waals surface area contributed by atoms with Crippen LogP contribution in [0.4, 0.5) is 10.5 Å². The van der Waals surface area contributed by atoms with E-state index < -0.39 is 17.5 Å². The van der Waals surface area contributed by atoms with Crippen molar-refractivity contribution in [3.05, 3.63) is 58.6 Å². The predicted molar refractivity (Wildman–Crippen MR) is 110 cm³/mol. The zero-order valence-corrected chi connectivity index (χ0v) is 17.4. The number of halogens is 1. The topological polar surface area (TPSA) is 154 Å². The summed E-state index contributed by atoms with van der Waals surface area (Å²) in [6.07, 6.45) is 0.103. The van der Waals surface area contributed by atoms with Crippen molar-refractivity contribution in [2.45, 2.75) is 24.9 Å². The Morgan fingerprint density at radius 2 is 1.97 bits per heavy atom. The first-order valence-corrected chi connectivity index (χ1v) is 9.98. The van der Waals surface area contributed by atoms with Gasteiger partial charge in [0.25, 0.3) is 5.89 Å². The first-order valence-electron chi connectivity index (χ1n) is 9.61. The van der Waals surface area contributed by atoms with Gasteiger partial charge >= 0.3 is 17.8 Å². The molecule has 1 aliphatic carbocycles. The van der Waals surface area contributed by atoms with Crippen LogP contribution in [0.1, 0.15) is 35.9 Å². The highest BCUT2D eigenvalue weighted by Crippen LogP contribution is 2.48. The third kappa shape index (κ3) is 3.99. The van der Waals surface area contributed by atoms with Gasteiger partial charge in [-0.05, 0) is 24.3 Å². The maximum Gasteiger partial charge on any atom is 0.412 e. The summed E-state index contributed by atoms with van der Waals surface area (Å²) in [7, 11) is 0. The van der Waals surface area contributed by atoms with Crippen LogP contribution in [-0.2, 0) is 21.6 Å². The van der Waals surface area contributed by atoms with Crippen LogP contribution in [0.5, 0.6) is 0 Å². The Balaban J connectivity index is 1.29. The Morgan fingerprint density at radius 1 is 1.18 bits per heavy atom. The first kappa shape index (κ1) is 20.6. The molecule has 11 nitrogen and oxygen atoms in total. The molecule has 4 aromatic rings. The number of aliphatic carboxylic acids is 1. The summed E-state index contributed by atoms with van der Waals surface area (Å²) in [6.45, 7) is 0.0596. The van der Waals surface area contributed by atoms with E-state index in [2.05, 4.69) is 32.3 Å². The van der Waals surface area contributed by atoms with Crippen molar-refractivity contribution in [2.24, 2.45) is 0 Å². The molecule has 0 spiro atoms. The lowest BCUT2D eigenvalue weighted by Crippen LogP contribution is -2.19. The summed E-state index contributed by atoms with van der Waals surface area (Å²) < 4.78 is 21.0. The number of carbonyl (C=O) groups is 2. The third-order valence-corrected chi connectivity index (χ3v) is 5.18. The number of nitrogens with zero attached hydrogens (tertiary/aromatic N) is 3. The molecule has 1 saturated carbocycles. The highest BCUT2D eigenvalue weighted by molar-refractivity contribution is 6.32. The number of hydrogen-bond donors (Lipinski definition) is 2. The summed E-state index contributed by atoms with van der Waals surface area (Å²) in [5, 5.41) is 15.2. The molecule has 0 saturated heterocycles. The zero-order valence-electron chi connectivity index (χ0n) is 16.6. The fourth-order valence-electron chi connectivity index (χ4n) is 2.98. The van der Waals surface area contributed by atoms with E-state index in [0.29, 0.717) is 12.8 Å². The van der Waals surface area contributed by atoms with Crippen LogP contribution in [0.2, 0.25) is 5.15 Å². The lowest BCUT2D eigenvalue weighted by Gasteiger charge is -2.05. The van der Waals surface area contributed by atoms with E-state index >= 15 is 0 Å². The molecular formula is C21H13ClN4O7. The van der Waals surface area contributed by atoms with Crippen LogP contribution < -0.4 is 5.32 Å². The normalized spacial score (nSPS) is 13.8. The number of oxazole rings is 2. The standard InChI is InChI=1S/C21H13ClN4O7/c22-15-14(24-20(29)30-10-11-4-2-1-3-5-11)12(33-26-15)6-7-13-23-16-17(31-13)32-18(25-16)21(8-9-21)19(27)28/h1-5H,8-10H2,(H,24,29)(H,27,28). The smallest absolute Gasteiger partial charge is 0.412 e. The summed E-state index contributed by atoms with van der Waals surface area (Å²) in [4.78, 5) is 31.7. The van der Waals surface area contributed by atoms with Gasteiger partial charge in [0, 0.05) is 5.92 Å². The van der Waals surface area contributed by atoms with Gasteiger partial charge in [-0.1, -0.05) is 47.1 Å². The number of hydrogen-bond acceptors (Lipinski definition) is 9. The molecule has 1 aliphatic rings. The summed E-state index contributed by atoms with van der Waals surface area (Å²) in [5.74, 6) is 4.09. The SMILES string of the molecule is O=C(Nc1c(Cl)noc1C#Cc1nc2nc(C3(C(=O)O)CC3)oc2o1)OCc1ccccc1. The van der Waals surface area contributed by atoms with Gasteiger partial charge in [0.15, 0.2) is 5.15 Å². The summed E-state index contributed by atoms with van der Waals surface area (Å²) in [5.41, 5.74) is -0.179. The van der Waals surface area contributed by atoms with Gasteiger partial charge < -0.3 is 23.2 Å². The number of ether oxygens (including phenoxy) is 1. The average molecular weight is 469 g/mol. The molecule has 5 rings (SSSR count). The number of anilines is 1. The molecule has 3 heterocycles. The number of carboxylic acid groups (broad SMARTS) is 1. The van der Waals surface area contributed by atoms with Gasteiger partial charge in [0.1, 0.15) is 17.7 Å². The second-order valence-corrected chi connectivity index (χ2v) is 7.51. The summed E-state index contributed by atoms with van der Waals surface area (Å²) >= 11 is 5.97. The minimum absolute atomic E-state index is 0.0232. The third-order valence-electron chi connectivity index (χ3n) is 4.92. The minimum atomic E-state index is -1.11. The van der Waals surface area contributed by atoms with Gasteiger partial charge in [-0.2, -0.15) is 9.97 Å². The quantitative estimate of drug-likeness (QED) is 0.414. The van der Waals surface area contributed by atoms with Gasteiger partial charge in [0.2, 0.25) is 17.3 Å². The van der Waals surface area contributed by atoms with E-state index in [0.717, 1.165) is 5.56 Å². The van der Waals surface area contributed by atoms with E-state index in [4.69, 9.17) is 29.7 Å². The van der Waals surface area contributed by atoms with Crippen LogP contribution in [0.25, 0.3) is 11.4 Å². The molecule has 1 aromatic carbocycles. The van der Waals surface area contributed by atoms with Gasteiger partial charge in [-0.25, -0.2) is 4.79 Å². The van der Waals surface area contributed by atoms with Crippen molar-refractivity contribution in [2.75, 3.05) is 5.32 Å². The number of benzene rings is 1. The van der Waals surface area contributed by atoms with Gasteiger partial charge in [0.05, 0.1) is 0 Å². The fraction of sp³-hybridized carbons (Fsp3) is 0.190. The Labute approximate surface area is 189 Å². The molecule has 2 N–H and O–H groups in total. The second-order valence-electron chi connectivity index (χ2n) is 7.15. The molecular weight excluding hydrogens is 456 g/mol. The van der Waals surface area contributed by atoms with Crippen LogP contribution in [0, 0.1) is 11.8 Å². The number of carbonyl (C=O) groups excluding carboxylic acids is 1. The number of nitrogens with one attached hydrogen (secondary N) is 1. The largest absolute Gasteiger partial charge is 0.480 e. The molecule has 0 bridgehead atoms. The molecule has 1 amide bonds. The van der Waals surface area contributed by atoms with Crippen molar-refractivity contribution in [3.63, 3.8) is 0 Å². The van der Waals surface area contributed by atoms with Gasteiger partial charge in [-0.3, -0.25) is 10.1 Å². The molecule has 0 radical (unpaired) electrons. The van der Waals surface area contributed by atoms with Crippen molar-refractivity contribution in [1.29, 1.82) is 0 Å². The Bertz CT molecular complexity index is 1390. The predicted octanol–water partition coefficient (Wildman–Crippen LogP) is 3.72. The number of fused-ring (bicyclic) bond motifs is 1. The van der Waals surface area contributed by atoms with Gasteiger partial charge in [-0.15, -0.1) is 0 Å². The van der Waals surface area contributed by atoms with E-state index in [-0.39, 0.29) is 46.4 Å². The maximum atomic E-state index is 12.1. The highest BCUT2D eigenvalue weighted by Gasteiger charge is 2.56. The Hall–Kier alpha value is -4.30. The molecule has 0 atom stereocenters. The highest BCUT2D eigenvalue weighted by atomic mass is 35.5. The van der Waals surface area contributed by atoms with Crippen LogP contribution in [0.15, 0.2) is 43.7 Å². The Morgan fingerprint density at radius 3 is 2.67 bits per heavy atom. The van der Waals surface area contributed by atoms with Crippen LogP contribution in [0.3, 0.4) is 0 Å². The number of aromatic nitrogens is 3.